The maximum Gasteiger partial charge on any atom is 0.143 e. The van der Waals surface area contributed by atoms with E-state index in [2.05, 4.69) is 166 Å². The average Bonchev–Trinajstić information content (AvgIpc) is 3.78. The van der Waals surface area contributed by atoms with Crippen LogP contribution >= 0.6 is 0 Å². The van der Waals surface area contributed by atoms with Crippen LogP contribution in [0.1, 0.15) is 68.7 Å². The van der Waals surface area contributed by atoms with Crippen LogP contribution in [0.25, 0.3) is 99.2 Å². The van der Waals surface area contributed by atoms with Gasteiger partial charge in [-0.05, 0) is 69.1 Å². The van der Waals surface area contributed by atoms with Crippen molar-refractivity contribution in [3.8, 4) is 44.6 Å². The van der Waals surface area contributed by atoms with Gasteiger partial charge in [-0.3, -0.25) is 0 Å². The lowest BCUT2D eigenvalue weighted by molar-refractivity contribution is 0.437. The summed E-state index contributed by atoms with van der Waals surface area (Å²) in [6.07, 6.45) is 6.05. The van der Waals surface area contributed by atoms with Gasteiger partial charge in [0.1, 0.15) is 11.2 Å². The molecule has 3 nitrogen and oxygen atoms in total. The summed E-state index contributed by atoms with van der Waals surface area (Å²) in [5, 5.41) is 7.03. The molecule has 0 saturated heterocycles. The number of benzene rings is 8. The number of hydrogen-bond acceptors (Lipinski definition) is 3. The predicted octanol–water partition coefficient (Wildman–Crippen LogP) is 15.2. The van der Waals surface area contributed by atoms with E-state index in [1.54, 1.807) is 0 Å². The molecule has 58 heavy (non-hydrogen) atoms. The predicted molar refractivity (Wildman–Crippen MR) is 242 cm³/mol. The van der Waals surface area contributed by atoms with Crippen LogP contribution in [0.15, 0.2) is 156 Å². The number of fused-ring (bicyclic) bond motifs is 12. The van der Waals surface area contributed by atoms with Crippen LogP contribution in [0.4, 0.5) is 0 Å². The highest BCUT2D eigenvalue weighted by Crippen LogP contribution is 2.50. The summed E-state index contributed by atoms with van der Waals surface area (Å²) in [4.78, 5) is 11.3. The Hall–Kier alpha value is -6.58. The van der Waals surface area contributed by atoms with E-state index in [-0.39, 0.29) is 5.41 Å². The summed E-state index contributed by atoms with van der Waals surface area (Å²) < 4.78 is 7.04. The van der Waals surface area contributed by atoms with E-state index < -0.39 is 0 Å². The molecule has 12 rings (SSSR count). The Morgan fingerprint density at radius 3 is 1.69 bits per heavy atom. The molecule has 8 aromatic carbocycles. The normalized spacial score (nSPS) is 15.1. The first kappa shape index (κ1) is 33.5. The van der Waals surface area contributed by atoms with Gasteiger partial charge in [0.25, 0.3) is 0 Å². The van der Waals surface area contributed by atoms with Crippen LogP contribution < -0.4 is 0 Å². The van der Waals surface area contributed by atoms with E-state index in [1.165, 1.54) is 63.2 Å². The minimum absolute atomic E-state index is 0.0744. The smallest absolute Gasteiger partial charge is 0.143 e. The van der Waals surface area contributed by atoms with Crippen molar-refractivity contribution in [2.75, 3.05) is 0 Å². The molecule has 278 valence electrons. The second kappa shape index (κ2) is 12.7. The van der Waals surface area contributed by atoms with Crippen molar-refractivity contribution >= 4 is 54.5 Å². The molecule has 0 aliphatic heterocycles. The molecule has 10 aromatic rings. The minimum Gasteiger partial charge on any atom is -0.455 e. The van der Waals surface area contributed by atoms with E-state index in [4.69, 9.17) is 14.4 Å². The summed E-state index contributed by atoms with van der Waals surface area (Å²) in [6.45, 7) is 4.69. The Kier molecular flexibility index (Phi) is 7.35. The summed E-state index contributed by atoms with van der Waals surface area (Å²) >= 11 is 0. The molecule has 0 amide bonds. The lowest BCUT2D eigenvalue weighted by atomic mass is 9.81. The number of aromatic nitrogens is 2. The van der Waals surface area contributed by atoms with Gasteiger partial charge in [0.15, 0.2) is 0 Å². The van der Waals surface area contributed by atoms with Crippen LogP contribution in [-0.4, -0.2) is 9.97 Å². The van der Waals surface area contributed by atoms with Crippen molar-refractivity contribution in [1.29, 1.82) is 0 Å². The van der Waals surface area contributed by atoms with Gasteiger partial charge < -0.3 is 4.42 Å². The Morgan fingerprint density at radius 1 is 0.448 bits per heavy atom. The molecule has 2 heterocycles. The Balaban J connectivity index is 1.02. The maximum absolute atomic E-state index is 7.04. The molecular weight excluding hydrogens is 705 g/mol. The number of para-hydroxylation sites is 2. The van der Waals surface area contributed by atoms with Gasteiger partial charge in [-0.15, -0.1) is 0 Å². The van der Waals surface area contributed by atoms with Gasteiger partial charge in [-0.2, -0.15) is 0 Å². The van der Waals surface area contributed by atoms with E-state index in [0.29, 0.717) is 5.92 Å². The summed E-state index contributed by atoms with van der Waals surface area (Å²) in [7, 11) is 0. The largest absolute Gasteiger partial charge is 0.455 e. The van der Waals surface area contributed by atoms with Crippen LogP contribution in [0.2, 0.25) is 0 Å². The SMILES string of the molecule is CC1(C)c2ccccc2-c2ccc(-c3cccc4c3oc3c(-c5cccc(-c6nc7c8ccccc8c8ccccc8c7nc6C6CCCCC6)c5)cccc34)cc21. The molecule has 0 spiro atoms. The van der Waals surface area contributed by atoms with Crippen molar-refractivity contribution in [3.05, 3.63) is 168 Å². The molecule has 3 heteroatoms. The Bertz CT molecular complexity index is 3310. The second-order valence-electron chi connectivity index (χ2n) is 17.1. The second-order valence-corrected chi connectivity index (χ2v) is 17.1. The lowest BCUT2D eigenvalue weighted by Gasteiger charge is -2.24. The summed E-state index contributed by atoms with van der Waals surface area (Å²) in [5.41, 5.74) is 16.9. The van der Waals surface area contributed by atoms with Crippen LogP contribution in [0.5, 0.6) is 0 Å². The van der Waals surface area contributed by atoms with Gasteiger partial charge in [-0.1, -0.05) is 173 Å². The van der Waals surface area contributed by atoms with Crippen molar-refractivity contribution in [2.24, 2.45) is 0 Å². The van der Waals surface area contributed by atoms with Crippen molar-refractivity contribution in [2.45, 2.75) is 57.3 Å². The zero-order valence-corrected chi connectivity index (χ0v) is 32.8. The fraction of sp³-hybridized carbons (Fsp3) is 0.164. The third kappa shape index (κ3) is 4.92. The Labute approximate surface area is 338 Å². The third-order valence-corrected chi connectivity index (χ3v) is 13.4. The first-order valence-electron chi connectivity index (χ1n) is 20.9. The third-order valence-electron chi connectivity index (χ3n) is 13.4. The standard InChI is InChI=1S/C55H42N2O/c1-55(2)47-28-11-10-21-41(47)42-30-29-35(32-48(42)55)38-25-14-27-46-45-26-13-24-37(53(45)58-54(38)46)34-17-12-18-36(31-34)50-49(33-15-4-3-5-16-33)56-51-43-22-8-6-19-39(43)40-20-7-9-23-44(40)52(51)57-50/h6-14,17-33H,3-5,15-16H2,1-2H3. The maximum atomic E-state index is 7.04. The first-order valence-corrected chi connectivity index (χ1v) is 20.9. The van der Waals surface area contributed by atoms with Gasteiger partial charge >= 0.3 is 0 Å². The van der Waals surface area contributed by atoms with Crippen molar-refractivity contribution in [3.63, 3.8) is 0 Å². The van der Waals surface area contributed by atoms with Crippen LogP contribution in [-0.2, 0) is 5.41 Å². The monoisotopic (exact) mass is 746 g/mol. The molecule has 0 bridgehead atoms. The van der Waals surface area contributed by atoms with Gasteiger partial charge in [-0.25, -0.2) is 9.97 Å². The van der Waals surface area contributed by atoms with Crippen molar-refractivity contribution in [1.82, 2.24) is 9.97 Å². The first-order chi connectivity index (χ1) is 28.5. The van der Waals surface area contributed by atoms with Crippen LogP contribution in [0, 0.1) is 0 Å². The number of furan rings is 1. The zero-order valence-electron chi connectivity index (χ0n) is 32.8. The summed E-state index contributed by atoms with van der Waals surface area (Å²) in [6, 6.07) is 55.3. The fourth-order valence-corrected chi connectivity index (χ4v) is 10.5. The Morgan fingerprint density at radius 2 is 0.983 bits per heavy atom. The van der Waals surface area contributed by atoms with E-state index in [0.717, 1.165) is 84.8 Å². The molecule has 2 aliphatic rings. The average molecular weight is 747 g/mol. The number of rotatable bonds is 4. The van der Waals surface area contributed by atoms with Gasteiger partial charge in [0.2, 0.25) is 0 Å². The zero-order chi connectivity index (χ0) is 38.5. The molecule has 2 aromatic heterocycles. The highest BCUT2D eigenvalue weighted by Gasteiger charge is 2.35. The van der Waals surface area contributed by atoms with Gasteiger partial charge in [0, 0.05) is 49.6 Å². The van der Waals surface area contributed by atoms with E-state index in [1.807, 2.05) is 0 Å². The highest BCUT2D eigenvalue weighted by molar-refractivity contribution is 6.23. The highest BCUT2D eigenvalue weighted by atomic mass is 16.3. The van der Waals surface area contributed by atoms with E-state index >= 15 is 0 Å². The minimum atomic E-state index is -0.0744. The molecule has 0 atom stereocenters. The molecule has 2 aliphatic carbocycles. The van der Waals surface area contributed by atoms with Gasteiger partial charge in [0.05, 0.1) is 22.4 Å². The fourth-order valence-electron chi connectivity index (χ4n) is 10.5. The van der Waals surface area contributed by atoms with Crippen LogP contribution in [0.3, 0.4) is 0 Å². The quantitative estimate of drug-likeness (QED) is 0.168. The summed E-state index contributed by atoms with van der Waals surface area (Å²) in [5.74, 6) is 0.380. The van der Waals surface area contributed by atoms with E-state index in [9.17, 15) is 0 Å². The molecule has 0 N–H and O–H groups in total. The molecule has 1 saturated carbocycles. The molecular formula is C55H42N2O. The number of hydrogen-bond donors (Lipinski definition) is 0. The number of nitrogens with zero attached hydrogens (tertiary/aromatic N) is 2. The topological polar surface area (TPSA) is 38.9 Å². The molecule has 1 fully saturated rings. The molecule has 0 radical (unpaired) electrons. The van der Waals surface area contributed by atoms with Crippen molar-refractivity contribution < 1.29 is 4.42 Å². The lowest BCUT2D eigenvalue weighted by Crippen LogP contribution is -2.14. The molecule has 0 unspecified atom stereocenters.